The molecule has 15 amide bonds. The number of carbonyl (C=O) groups excluding carboxylic acids is 24. The van der Waals surface area contributed by atoms with Crippen LogP contribution in [0.3, 0.4) is 0 Å². The van der Waals surface area contributed by atoms with E-state index in [9.17, 15) is 115 Å². The van der Waals surface area contributed by atoms with Crippen LogP contribution in [0.5, 0.6) is 0 Å². The van der Waals surface area contributed by atoms with Crippen molar-refractivity contribution in [1.29, 1.82) is 0 Å². The van der Waals surface area contributed by atoms with Crippen LogP contribution in [-0.2, 0) is 158 Å². The van der Waals surface area contributed by atoms with Crippen molar-refractivity contribution in [3.8, 4) is 0 Å². The molecule has 0 saturated heterocycles. The second kappa shape index (κ2) is 63.6. The first-order chi connectivity index (χ1) is 55.1. The molecule has 116 heavy (non-hydrogen) atoms. The Morgan fingerprint density at radius 1 is 0.138 bits per heavy atom. The molecule has 652 valence electrons. The largest absolute Gasteiger partial charge is 0.462 e. The van der Waals surface area contributed by atoms with Crippen LogP contribution < -0.4 is 79.8 Å². The molecule has 0 bridgehead atoms. The summed E-state index contributed by atoms with van der Waals surface area (Å²) in [4.78, 5) is 292. The molecule has 0 rings (SSSR count). The average molecular weight is 1670 g/mol. The fourth-order valence-corrected chi connectivity index (χ4v) is 8.56. The molecule has 0 aliphatic carbocycles. The number of methoxy groups -OCH3 is 9. The number of hydrogen-bond donors (Lipinski definition) is 15. The normalized spacial score (nSPS) is 10.3. The lowest BCUT2D eigenvalue weighted by Gasteiger charge is -2.24. The minimum atomic E-state index is -1.15. The third kappa shape index (κ3) is 49.5. The number of amides is 15. The van der Waals surface area contributed by atoms with Crippen molar-refractivity contribution < 1.29 is 158 Å². The Hall–Kier alpha value is -12.9. The van der Waals surface area contributed by atoms with Crippen molar-refractivity contribution in [2.75, 3.05) is 260 Å². The van der Waals surface area contributed by atoms with Crippen LogP contribution in [-0.4, -0.2) is 427 Å². The van der Waals surface area contributed by atoms with E-state index in [4.69, 9.17) is 0 Å². The van der Waals surface area contributed by atoms with Crippen molar-refractivity contribution in [3.63, 3.8) is 0 Å². The van der Waals surface area contributed by atoms with E-state index in [1.165, 1.54) is 0 Å². The number of nitrogens with zero attached hydrogens (tertiary/aromatic N) is 5. The summed E-state index contributed by atoms with van der Waals surface area (Å²) in [6.45, 7) is -0.418. The number of ether oxygens (including phenoxy) is 9. The van der Waals surface area contributed by atoms with Crippen LogP contribution in [0, 0.1) is 0 Å². The average Bonchev–Trinajstić information content (AvgIpc) is 0.929. The van der Waals surface area contributed by atoms with Gasteiger partial charge in [0.1, 0.15) is 0 Å². The lowest BCUT2D eigenvalue weighted by Crippen LogP contribution is -2.49. The molecular formula is C63H102N20O33. The number of rotatable bonds is 45. The topological polar surface area (TPSA) is 689 Å². The predicted octanol–water partition coefficient (Wildman–Crippen LogP) is -17.2. The van der Waals surface area contributed by atoms with Gasteiger partial charge in [-0.15, -0.1) is 0 Å². The molecule has 0 fully saturated rings. The number of hydrogen-bond acceptors (Lipinski definition) is 38. The summed E-state index contributed by atoms with van der Waals surface area (Å²) in [6.07, 6.45) is 0. The molecule has 0 aliphatic rings. The summed E-state index contributed by atoms with van der Waals surface area (Å²) in [5.41, 5.74) is 0. The van der Waals surface area contributed by atoms with Crippen LogP contribution in [0.4, 0.5) is 0 Å². The molecule has 0 spiro atoms. The zero-order valence-electron chi connectivity index (χ0n) is 65.4. The Bertz CT molecular complexity index is 2930. The SMILES string of the molecule is COC(=O)C(=O)NCCN(CCNC(=O)C(=O)NCCN(CCNC(=O)C(=O)NCCN(CCNC(=O)C(=O)OC)CCNC(=O)C(=O)OC)CCNC(=O)C(=O)NCCN(CCNC(=O)C(=O)OC)CCNC(=O)C(=O)OC)CCNC(=O)C(=O)OC.COC(=O)C(=O)NCCN(CCNC(=O)C(=O)OC)CCNC(=O)C(=O)OC. The van der Waals surface area contributed by atoms with Crippen LogP contribution in [0.25, 0.3) is 0 Å². The molecule has 0 unspecified atom stereocenters. The summed E-state index contributed by atoms with van der Waals surface area (Å²) in [5, 5.41) is 35.4. The molecular weight excluding hydrogens is 1560 g/mol. The number of nitrogens with one attached hydrogen (secondary N) is 15. The van der Waals surface area contributed by atoms with E-state index in [-0.39, 0.29) is 196 Å². The Kier molecular flexibility index (Phi) is 57.6. The summed E-state index contributed by atoms with van der Waals surface area (Å²) >= 11 is 0. The molecule has 0 radical (unpaired) electrons. The van der Waals surface area contributed by atoms with Gasteiger partial charge in [0.15, 0.2) is 0 Å². The first-order valence-corrected chi connectivity index (χ1v) is 34.7. The minimum Gasteiger partial charge on any atom is -0.462 e. The van der Waals surface area contributed by atoms with Gasteiger partial charge in [0.2, 0.25) is 0 Å². The quantitative estimate of drug-likeness (QED) is 0.0153. The van der Waals surface area contributed by atoms with E-state index in [0.29, 0.717) is 0 Å². The van der Waals surface area contributed by atoms with Crippen molar-refractivity contribution in [2.24, 2.45) is 0 Å². The third-order valence-electron chi connectivity index (χ3n) is 14.7. The Labute approximate surface area is 662 Å². The van der Waals surface area contributed by atoms with Gasteiger partial charge in [-0.2, -0.15) is 0 Å². The molecule has 0 aromatic carbocycles. The van der Waals surface area contributed by atoms with E-state index < -0.39 is 142 Å². The lowest BCUT2D eigenvalue weighted by atomic mass is 10.3. The van der Waals surface area contributed by atoms with E-state index in [2.05, 4.69) is 122 Å². The molecule has 0 aliphatic heterocycles. The monoisotopic (exact) mass is 1670 g/mol. The second-order valence-corrected chi connectivity index (χ2v) is 22.5. The van der Waals surface area contributed by atoms with Crippen LogP contribution >= 0.6 is 0 Å². The van der Waals surface area contributed by atoms with E-state index in [0.717, 1.165) is 64.0 Å². The van der Waals surface area contributed by atoms with Crippen molar-refractivity contribution in [3.05, 3.63) is 0 Å². The van der Waals surface area contributed by atoms with Gasteiger partial charge in [0, 0.05) is 196 Å². The van der Waals surface area contributed by atoms with E-state index >= 15 is 0 Å². The van der Waals surface area contributed by atoms with Crippen LogP contribution in [0.1, 0.15) is 0 Å². The maximum atomic E-state index is 12.9. The molecule has 53 heteroatoms. The molecule has 0 heterocycles. The van der Waals surface area contributed by atoms with Crippen molar-refractivity contribution in [2.45, 2.75) is 0 Å². The zero-order valence-corrected chi connectivity index (χ0v) is 65.4. The maximum Gasteiger partial charge on any atom is 0.396 e. The number of esters is 9. The fraction of sp³-hybridized carbons (Fsp3) is 0.619. The second-order valence-electron chi connectivity index (χ2n) is 22.5. The number of carbonyl (C=O) groups is 24. The Morgan fingerprint density at radius 3 is 0.276 bits per heavy atom. The van der Waals surface area contributed by atoms with Gasteiger partial charge >= 0.3 is 142 Å². The van der Waals surface area contributed by atoms with Crippen molar-refractivity contribution >= 4 is 142 Å². The smallest absolute Gasteiger partial charge is 0.396 e. The van der Waals surface area contributed by atoms with Gasteiger partial charge in [0.25, 0.3) is 0 Å². The summed E-state index contributed by atoms with van der Waals surface area (Å²) in [5.74, 6) is -25.5. The minimum absolute atomic E-state index is 0.0297. The molecule has 53 nitrogen and oxygen atoms in total. The standard InChI is InChI=1S/C48H78N16O24.C15H24N4O9/c1-83-43(77)37(71)55-13-25-62(26-14-56-38(72)44(78)84-2)22-10-52-34(68)31(65)49-7-19-61(20-8-50-32(66)35(69)53-11-23-63(27-15-57-39(73)45(79)85-3)28-16-58-40(74)46(80)86-4)21-9-51-33(67)36(70)54-12-24-64(29-17-59-41(75)47(81)87-5)30-18-60-42(76)48(82)88-6;1-26-13(23)10(20)16-4-7-19(8-5-17-11(21)14(24)27-2)9-6-18-12(22)15(25)28-3/h7-30H2,1-6H3,(H,49,65)(H,50,66)(H,51,67)(H,52,68)(H,53,69)(H,54,70)(H,55,71)(H,56,72)(H,57,73)(H,58,74)(H,59,75)(H,60,76);4-9H2,1-3H3,(H,16,20)(H,17,21)(H,18,22). The van der Waals surface area contributed by atoms with Crippen LogP contribution in [0.15, 0.2) is 0 Å². The van der Waals surface area contributed by atoms with Gasteiger partial charge in [-0.05, 0) is 0 Å². The third-order valence-corrected chi connectivity index (χ3v) is 14.7. The first kappa shape index (κ1) is 105. The molecule has 0 aromatic heterocycles. The van der Waals surface area contributed by atoms with Gasteiger partial charge in [0.05, 0.1) is 64.0 Å². The summed E-state index contributed by atoms with van der Waals surface area (Å²) in [6, 6.07) is 0. The lowest BCUT2D eigenvalue weighted by molar-refractivity contribution is -0.152. The molecule has 0 atom stereocenters. The van der Waals surface area contributed by atoms with Gasteiger partial charge in [-0.1, -0.05) is 0 Å². The highest BCUT2D eigenvalue weighted by Gasteiger charge is 2.24. The van der Waals surface area contributed by atoms with Gasteiger partial charge in [-0.25, -0.2) is 43.2 Å². The molecule has 0 saturated carbocycles. The van der Waals surface area contributed by atoms with Crippen molar-refractivity contribution in [1.82, 2.24) is 104 Å². The van der Waals surface area contributed by atoms with E-state index in [1.807, 2.05) is 0 Å². The summed E-state index contributed by atoms with van der Waals surface area (Å²) in [7, 11) is 9.27. The predicted molar refractivity (Wildman–Crippen MR) is 385 cm³/mol. The highest BCUT2D eigenvalue weighted by Crippen LogP contribution is 1.95. The fourth-order valence-electron chi connectivity index (χ4n) is 8.56. The maximum absolute atomic E-state index is 12.9. The van der Waals surface area contributed by atoms with Gasteiger partial charge in [-0.3, -0.25) is 96.4 Å². The molecule has 15 N–H and O–H groups in total. The Balaban J connectivity index is 0. The van der Waals surface area contributed by atoms with Gasteiger partial charge < -0.3 is 122 Å². The highest BCUT2D eigenvalue weighted by molar-refractivity contribution is 6.37. The highest BCUT2D eigenvalue weighted by atomic mass is 16.6. The van der Waals surface area contributed by atoms with E-state index in [1.54, 1.807) is 24.5 Å². The Morgan fingerprint density at radius 2 is 0.207 bits per heavy atom. The van der Waals surface area contributed by atoms with Crippen LogP contribution in [0.2, 0.25) is 0 Å². The molecule has 0 aromatic rings. The first-order valence-electron chi connectivity index (χ1n) is 34.7. The summed E-state index contributed by atoms with van der Waals surface area (Å²) < 4.78 is 39.0. The zero-order chi connectivity index (χ0) is 87.9.